The van der Waals surface area contributed by atoms with E-state index in [9.17, 15) is 9.59 Å². The van der Waals surface area contributed by atoms with Crippen LogP contribution in [0, 0.1) is 0 Å². The van der Waals surface area contributed by atoms with Crippen molar-refractivity contribution < 1.29 is 14.3 Å². The number of ether oxygens (including phenoxy) is 1. The molecule has 2 fully saturated rings. The molecular weight excluding hydrogens is 354 g/mol. The molecule has 0 radical (unpaired) electrons. The maximum atomic E-state index is 12.8. The third-order valence-corrected chi connectivity index (χ3v) is 6.67. The summed E-state index contributed by atoms with van der Waals surface area (Å²) in [5.41, 5.74) is 3.43. The smallest absolute Gasteiger partial charge is 0.242 e. The van der Waals surface area contributed by atoms with E-state index in [0.29, 0.717) is 26.1 Å². The number of amides is 2. The van der Waals surface area contributed by atoms with Gasteiger partial charge in [-0.15, -0.1) is 0 Å². The van der Waals surface area contributed by atoms with Crippen LogP contribution in [0.5, 0.6) is 0 Å². The molecule has 0 atom stereocenters. The molecule has 5 rings (SSSR count). The van der Waals surface area contributed by atoms with E-state index < -0.39 is 0 Å². The first-order valence-corrected chi connectivity index (χ1v) is 10.5. The van der Waals surface area contributed by atoms with E-state index in [4.69, 9.17) is 4.74 Å². The Kier molecular flexibility index (Phi) is 4.38. The van der Waals surface area contributed by atoms with Crippen molar-refractivity contribution in [3.05, 3.63) is 35.5 Å². The normalized spacial score (nSPS) is 21.9. The molecule has 28 heavy (non-hydrogen) atoms. The summed E-state index contributed by atoms with van der Waals surface area (Å²) in [4.78, 5) is 32.0. The Labute approximate surface area is 164 Å². The number of benzene rings is 1. The lowest BCUT2D eigenvalue weighted by molar-refractivity contribution is -0.147. The van der Waals surface area contributed by atoms with Crippen LogP contribution in [0.15, 0.2) is 24.3 Å². The third-order valence-electron chi connectivity index (χ3n) is 6.67. The second-order valence-corrected chi connectivity index (χ2v) is 8.27. The highest BCUT2D eigenvalue weighted by Gasteiger charge is 2.43. The van der Waals surface area contributed by atoms with Crippen LogP contribution in [0.2, 0.25) is 0 Å². The van der Waals surface area contributed by atoms with E-state index in [0.717, 1.165) is 38.7 Å². The summed E-state index contributed by atoms with van der Waals surface area (Å²) in [6.07, 6.45) is 5.05. The van der Waals surface area contributed by atoms with E-state index in [1.165, 1.54) is 22.2 Å². The Balaban J connectivity index is 1.31. The number of fused-ring (bicyclic) bond motifs is 4. The highest BCUT2D eigenvalue weighted by Crippen LogP contribution is 2.43. The Hall–Kier alpha value is -2.34. The number of aromatic amines is 1. The number of piperidine rings is 2. The first-order chi connectivity index (χ1) is 13.7. The van der Waals surface area contributed by atoms with Crippen LogP contribution in [0.4, 0.5) is 0 Å². The molecule has 0 bridgehead atoms. The fourth-order valence-electron chi connectivity index (χ4n) is 5.07. The van der Waals surface area contributed by atoms with Crippen LogP contribution in [0.1, 0.15) is 43.4 Å². The van der Waals surface area contributed by atoms with Gasteiger partial charge in [-0.3, -0.25) is 9.59 Å². The molecule has 6 heteroatoms. The molecule has 2 saturated heterocycles. The number of aromatic nitrogens is 1. The standard InChI is InChI=1S/C22H27N3O3/c26-19-7-3-4-11-25(19)15-20(27)24-12-9-22(10-13-24)21-17(8-14-28-22)16-5-1-2-6-18(16)23-21/h1-2,5-6,23H,3-4,7-15H2. The topological polar surface area (TPSA) is 65.6 Å². The maximum absolute atomic E-state index is 12.8. The minimum absolute atomic E-state index is 0.0674. The summed E-state index contributed by atoms with van der Waals surface area (Å²) in [6, 6.07) is 8.44. The van der Waals surface area contributed by atoms with E-state index >= 15 is 0 Å². The number of hydrogen-bond donors (Lipinski definition) is 1. The highest BCUT2D eigenvalue weighted by molar-refractivity contribution is 5.86. The van der Waals surface area contributed by atoms with E-state index in [1.807, 2.05) is 4.90 Å². The largest absolute Gasteiger partial charge is 0.368 e. The molecule has 3 aliphatic rings. The van der Waals surface area contributed by atoms with Crippen molar-refractivity contribution in [2.75, 3.05) is 32.8 Å². The molecule has 1 aromatic heterocycles. The number of nitrogens with zero attached hydrogens (tertiary/aromatic N) is 2. The average Bonchev–Trinajstić information content (AvgIpc) is 3.11. The lowest BCUT2D eigenvalue weighted by atomic mass is 9.83. The molecule has 1 aromatic carbocycles. The van der Waals surface area contributed by atoms with Crippen LogP contribution in [-0.4, -0.2) is 59.4 Å². The van der Waals surface area contributed by atoms with E-state index in [1.54, 1.807) is 4.90 Å². The van der Waals surface area contributed by atoms with E-state index in [2.05, 4.69) is 29.2 Å². The Morgan fingerprint density at radius 2 is 1.93 bits per heavy atom. The number of carbonyl (C=O) groups excluding carboxylic acids is 2. The molecule has 1 spiro atoms. The zero-order valence-corrected chi connectivity index (χ0v) is 16.2. The van der Waals surface area contributed by atoms with Crippen molar-refractivity contribution in [3.8, 4) is 0 Å². The van der Waals surface area contributed by atoms with Gasteiger partial charge in [-0.1, -0.05) is 18.2 Å². The average molecular weight is 381 g/mol. The predicted octanol–water partition coefficient (Wildman–Crippen LogP) is 2.57. The fraction of sp³-hybridized carbons (Fsp3) is 0.545. The van der Waals surface area contributed by atoms with Crippen molar-refractivity contribution in [2.45, 2.75) is 44.1 Å². The van der Waals surface area contributed by atoms with Gasteiger partial charge in [0.1, 0.15) is 5.60 Å². The molecule has 0 saturated carbocycles. The monoisotopic (exact) mass is 381 g/mol. The number of carbonyl (C=O) groups is 2. The van der Waals surface area contributed by atoms with Gasteiger partial charge in [0.05, 0.1) is 18.8 Å². The maximum Gasteiger partial charge on any atom is 0.242 e. The number of H-pyrrole nitrogens is 1. The van der Waals surface area contributed by atoms with Gasteiger partial charge in [-0.05, 0) is 43.7 Å². The third kappa shape index (κ3) is 2.91. The fourth-order valence-corrected chi connectivity index (χ4v) is 5.07. The molecule has 4 heterocycles. The zero-order chi connectivity index (χ0) is 19.1. The molecule has 2 aromatic rings. The number of likely N-dealkylation sites (tertiary alicyclic amines) is 2. The molecule has 148 valence electrons. The molecule has 2 amide bonds. The molecule has 0 aliphatic carbocycles. The first kappa shape index (κ1) is 17.7. The van der Waals surface area contributed by atoms with Gasteiger partial charge in [0, 0.05) is 37.0 Å². The van der Waals surface area contributed by atoms with Gasteiger partial charge in [-0.2, -0.15) is 0 Å². The summed E-state index contributed by atoms with van der Waals surface area (Å²) >= 11 is 0. The molecular formula is C22H27N3O3. The summed E-state index contributed by atoms with van der Waals surface area (Å²) in [5, 5.41) is 1.29. The Bertz CT molecular complexity index is 911. The minimum atomic E-state index is -0.315. The molecule has 6 nitrogen and oxygen atoms in total. The minimum Gasteiger partial charge on any atom is -0.368 e. The van der Waals surface area contributed by atoms with Crippen LogP contribution < -0.4 is 0 Å². The second kappa shape index (κ2) is 6.92. The van der Waals surface area contributed by atoms with Crippen LogP contribution in [-0.2, 0) is 26.3 Å². The van der Waals surface area contributed by atoms with Crippen molar-refractivity contribution in [1.82, 2.24) is 14.8 Å². The highest BCUT2D eigenvalue weighted by atomic mass is 16.5. The first-order valence-electron chi connectivity index (χ1n) is 10.5. The van der Waals surface area contributed by atoms with Crippen LogP contribution in [0.25, 0.3) is 10.9 Å². The molecule has 3 aliphatic heterocycles. The van der Waals surface area contributed by atoms with Gasteiger partial charge in [0.25, 0.3) is 0 Å². The van der Waals surface area contributed by atoms with Crippen LogP contribution in [0.3, 0.4) is 0 Å². The van der Waals surface area contributed by atoms with Crippen LogP contribution >= 0.6 is 0 Å². The summed E-state index contributed by atoms with van der Waals surface area (Å²) in [6.45, 7) is 3.02. The Morgan fingerprint density at radius 3 is 2.75 bits per heavy atom. The van der Waals surface area contributed by atoms with Crippen molar-refractivity contribution in [1.29, 1.82) is 0 Å². The van der Waals surface area contributed by atoms with Gasteiger partial charge in [0.15, 0.2) is 0 Å². The Morgan fingerprint density at radius 1 is 1.11 bits per heavy atom. The van der Waals surface area contributed by atoms with Gasteiger partial charge in [0.2, 0.25) is 11.8 Å². The van der Waals surface area contributed by atoms with Gasteiger partial charge >= 0.3 is 0 Å². The lowest BCUT2D eigenvalue weighted by Crippen LogP contribution is -2.51. The lowest BCUT2D eigenvalue weighted by Gasteiger charge is -2.44. The molecule has 1 N–H and O–H groups in total. The predicted molar refractivity (Wildman–Crippen MR) is 106 cm³/mol. The number of para-hydroxylation sites is 1. The molecule has 0 unspecified atom stereocenters. The quantitative estimate of drug-likeness (QED) is 0.870. The number of nitrogens with one attached hydrogen (secondary N) is 1. The zero-order valence-electron chi connectivity index (χ0n) is 16.2. The van der Waals surface area contributed by atoms with Crippen molar-refractivity contribution in [2.24, 2.45) is 0 Å². The van der Waals surface area contributed by atoms with Crippen molar-refractivity contribution in [3.63, 3.8) is 0 Å². The second-order valence-electron chi connectivity index (χ2n) is 8.27. The van der Waals surface area contributed by atoms with Gasteiger partial charge in [-0.25, -0.2) is 0 Å². The SMILES string of the molecule is O=C(CN1CCCCC1=O)N1CCC2(CC1)OCCc1c2[nH]c2ccccc12. The number of hydrogen-bond acceptors (Lipinski definition) is 3. The van der Waals surface area contributed by atoms with Crippen molar-refractivity contribution >= 4 is 22.7 Å². The summed E-state index contributed by atoms with van der Waals surface area (Å²) in [7, 11) is 0. The van der Waals surface area contributed by atoms with Gasteiger partial charge < -0.3 is 19.5 Å². The number of rotatable bonds is 2. The summed E-state index contributed by atoms with van der Waals surface area (Å²) < 4.78 is 6.32. The van der Waals surface area contributed by atoms with E-state index in [-0.39, 0.29) is 24.0 Å². The summed E-state index contributed by atoms with van der Waals surface area (Å²) in [5.74, 6) is 0.184.